The van der Waals surface area contributed by atoms with Gasteiger partial charge in [0.2, 0.25) is 0 Å². The summed E-state index contributed by atoms with van der Waals surface area (Å²) in [6.45, 7) is 7.98. The molecule has 3 heteroatoms. The van der Waals surface area contributed by atoms with E-state index in [0.29, 0.717) is 24.5 Å². The zero-order chi connectivity index (χ0) is 13.7. The number of carbonyl (C=O) groups excluding carboxylic acids is 1. The van der Waals surface area contributed by atoms with E-state index in [1.54, 1.807) is 6.92 Å². The summed E-state index contributed by atoms with van der Waals surface area (Å²) in [6, 6.07) is 0. The second-order valence-corrected chi connectivity index (χ2v) is 7.22. The molecular weight excluding hydrogens is 228 g/mol. The fraction of sp³-hybridized carbons (Fsp3) is 0.933. The molecule has 3 nitrogen and oxygen atoms in total. The Labute approximate surface area is 110 Å². The smallest absolute Gasteiger partial charge is 0.136 e. The largest absolute Gasteiger partial charge is 0.390 e. The Kier molecular flexibility index (Phi) is 3.35. The molecule has 0 aromatic heterocycles. The highest BCUT2D eigenvalue weighted by Crippen LogP contribution is 2.55. The molecule has 0 unspecified atom stereocenters. The van der Waals surface area contributed by atoms with Gasteiger partial charge < -0.3 is 10.2 Å². The molecule has 0 bridgehead atoms. The molecule has 104 valence electrons. The van der Waals surface area contributed by atoms with Crippen molar-refractivity contribution in [2.45, 2.75) is 65.1 Å². The Morgan fingerprint density at radius 2 is 1.94 bits per heavy atom. The molecule has 2 aliphatic carbocycles. The molecule has 0 aliphatic heterocycles. The van der Waals surface area contributed by atoms with Gasteiger partial charge in [0.25, 0.3) is 0 Å². The van der Waals surface area contributed by atoms with E-state index in [2.05, 4.69) is 20.8 Å². The fourth-order valence-corrected chi connectivity index (χ4v) is 4.16. The van der Waals surface area contributed by atoms with E-state index in [1.807, 2.05) is 0 Å². The van der Waals surface area contributed by atoms with Crippen LogP contribution in [0.25, 0.3) is 0 Å². The molecule has 0 saturated heterocycles. The van der Waals surface area contributed by atoms with Gasteiger partial charge in [-0.2, -0.15) is 0 Å². The van der Waals surface area contributed by atoms with Crippen molar-refractivity contribution in [1.29, 1.82) is 0 Å². The van der Waals surface area contributed by atoms with Gasteiger partial charge in [0.1, 0.15) is 5.78 Å². The number of hydrogen-bond acceptors (Lipinski definition) is 3. The third kappa shape index (κ3) is 2.01. The summed E-state index contributed by atoms with van der Waals surface area (Å²) in [5.41, 5.74) is -1.19. The van der Waals surface area contributed by atoms with Gasteiger partial charge in [0, 0.05) is 12.3 Å². The van der Waals surface area contributed by atoms with E-state index in [9.17, 15) is 15.0 Å². The van der Waals surface area contributed by atoms with Crippen LogP contribution in [0.4, 0.5) is 0 Å². The maximum Gasteiger partial charge on any atom is 0.136 e. The summed E-state index contributed by atoms with van der Waals surface area (Å²) < 4.78 is 0. The Bertz CT molecular complexity index is 348. The topological polar surface area (TPSA) is 57.5 Å². The Morgan fingerprint density at radius 3 is 2.50 bits per heavy atom. The molecule has 0 amide bonds. The van der Waals surface area contributed by atoms with Crippen LogP contribution < -0.4 is 0 Å². The number of aliphatic hydroxyl groups is 2. The highest BCUT2D eigenvalue weighted by molar-refractivity contribution is 5.83. The van der Waals surface area contributed by atoms with E-state index in [4.69, 9.17) is 0 Å². The molecule has 2 N–H and O–H groups in total. The normalized spacial score (nSPS) is 49.3. The van der Waals surface area contributed by atoms with Crippen molar-refractivity contribution in [3.8, 4) is 0 Å². The standard InChI is InChI=1S/C15H26O3/c1-9(2)10-7-12-14(3,8-11(10)16)6-5-13(17)15(12,4)18/h9-10,12-13,17-18H,5-8H2,1-4H3/t10-,12-,13-,14-,15+/m1/s1. The Morgan fingerprint density at radius 1 is 1.33 bits per heavy atom. The van der Waals surface area contributed by atoms with Crippen LogP contribution in [0.1, 0.15) is 53.4 Å². The highest BCUT2D eigenvalue weighted by Gasteiger charge is 2.56. The quantitative estimate of drug-likeness (QED) is 0.754. The number of aliphatic hydroxyl groups excluding tert-OH is 1. The van der Waals surface area contributed by atoms with E-state index in [1.165, 1.54) is 0 Å². The average molecular weight is 254 g/mol. The Hall–Kier alpha value is -0.410. The van der Waals surface area contributed by atoms with E-state index in [0.717, 1.165) is 12.8 Å². The van der Waals surface area contributed by atoms with Gasteiger partial charge in [-0.3, -0.25) is 4.79 Å². The van der Waals surface area contributed by atoms with Gasteiger partial charge in [-0.1, -0.05) is 20.8 Å². The zero-order valence-corrected chi connectivity index (χ0v) is 11.9. The van der Waals surface area contributed by atoms with Crippen molar-refractivity contribution in [3.63, 3.8) is 0 Å². The lowest BCUT2D eigenvalue weighted by molar-refractivity contribution is -0.188. The number of hydrogen-bond donors (Lipinski definition) is 2. The number of carbonyl (C=O) groups is 1. The molecule has 2 saturated carbocycles. The van der Waals surface area contributed by atoms with Crippen LogP contribution in [0.2, 0.25) is 0 Å². The SMILES string of the molecule is CC(C)[C@H]1C[C@@H]2[C@](C)(CC[C@@H](O)[C@@]2(C)O)CC1=O. The third-order valence-electron chi connectivity index (χ3n) is 5.50. The number of rotatable bonds is 1. The lowest BCUT2D eigenvalue weighted by Crippen LogP contribution is -2.60. The average Bonchev–Trinajstić information content (AvgIpc) is 2.23. The maximum absolute atomic E-state index is 12.2. The second-order valence-electron chi connectivity index (χ2n) is 7.22. The molecule has 18 heavy (non-hydrogen) atoms. The van der Waals surface area contributed by atoms with Gasteiger partial charge in [0.05, 0.1) is 11.7 Å². The minimum Gasteiger partial charge on any atom is -0.390 e. The van der Waals surface area contributed by atoms with Crippen molar-refractivity contribution >= 4 is 5.78 Å². The molecule has 0 aromatic carbocycles. The summed E-state index contributed by atoms with van der Waals surface area (Å²) in [5.74, 6) is 0.728. The molecule has 0 spiro atoms. The van der Waals surface area contributed by atoms with Crippen LogP contribution in [-0.4, -0.2) is 27.7 Å². The van der Waals surface area contributed by atoms with Crippen molar-refractivity contribution in [2.75, 3.05) is 0 Å². The first-order chi connectivity index (χ1) is 8.18. The second kappa shape index (κ2) is 4.31. The highest BCUT2D eigenvalue weighted by atomic mass is 16.3. The van der Waals surface area contributed by atoms with E-state index in [-0.39, 0.29) is 17.3 Å². The van der Waals surface area contributed by atoms with E-state index < -0.39 is 11.7 Å². The van der Waals surface area contributed by atoms with Crippen molar-refractivity contribution in [1.82, 2.24) is 0 Å². The monoisotopic (exact) mass is 254 g/mol. The molecule has 0 radical (unpaired) electrons. The minimum absolute atomic E-state index is 0.0267. The maximum atomic E-state index is 12.2. The summed E-state index contributed by atoms with van der Waals surface area (Å²) in [7, 11) is 0. The van der Waals surface area contributed by atoms with Gasteiger partial charge in [-0.05, 0) is 43.4 Å². The van der Waals surface area contributed by atoms with Gasteiger partial charge >= 0.3 is 0 Å². The summed E-state index contributed by atoms with van der Waals surface area (Å²) >= 11 is 0. The number of ketones is 1. The van der Waals surface area contributed by atoms with Crippen LogP contribution in [0.15, 0.2) is 0 Å². The third-order valence-corrected chi connectivity index (χ3v) is 5.50. The van der Waals surface area contributed by atoms with Crippen molar-refractivity contribution < 1.29 is 15.0 Å². The van der Waals surface area contributed by atoms with Crippen LogP contribution in [0.3, 0.4) is 0 Å². The van der Waals surface area contributed by atoms with E-state index >= 15 is 0 Å². The minimum atomic E-state index is -1.05. The summed E-state index contributed by atoms with van der Waals surface area (Å²) in [4.78, 5) is 12.2. The molecule has 2 fully saturated rings. The van der Waals surface area contributed by atoms with Crippen molar-refractivity contribution in [3.05, 3.63) is 0 Å². The molecular formula is C15H26O3. The first-order valence-corrected chi connectivity index (χ1v) is 7.11. The van der Waals surface area contributed by atoms with Crippen LogP contribution in [0.5, 0.6) is 0 Å². The predicted octanol–water partition coefficient (Wildman–Crippen LogP) is 2.15. The van der Waals surface area contributed by atoms with Crippen LogP contribution in [0, 0.1) is 23.2 Å². The summed E-state index contributed by atoms with van der Waals surface area (Å²) in [5, 5.41) is 20.7. The first kappa shape index (κ1) is 14.0. The van der Waals surface area contributed by atoms with Gasteiger partial charge in [-0.25, -0.2) is 0 Å². The van der Waals surface area contributed by atoms with Crippen LogP contribution in [-0.2, 0) is 4.79 Å². The zero-order valence-electron chi connectivity index (χ0n) is 11.9. The van der Waals surface area contributed by atoms with Gasteiger partial charge in [-0.15, -0.1) is 0 Å². The number of Topliss-reactive ketones (excluding diaryl/α,β-unsaturated/α-hetero) is 1. The fourth-order valence-electron chi connectivity index (χ4n) is 4.16. The number of fused-ring (bicyclic) bond motifs is 1. The van der Waals surface area contributed by atoms with Crippen LogP contribution >= 0.6 is 0 Å². The van der Waals surface area contributed by atoms with Gasteiger partial charge in [0.15, 0.2) is 0 Å². The van der Waals surface area contributed by atoms with Crippen molar-refractivity contribution in [2.24, 2.45) is 23.2 Å². The molecule has 2 rings (SSSR count). The predicted molar refractivity (Wildman–Crippen MR) is 70.0 cm³/mol. The summed E-state index contributed by atoms with van der Waals surface area (Å²) in [6.07, 6.45) is 2.06. The lowest BCUT2D eigenvalue weighted by atomic mass is 9.51. The first-order valence-electron chi connectivity index (χ1n) is 7.11. The molecule has 5 atom stereocenters. The Balaban J connectivity index is 2.31. The molecule has 2 aliphatic rings. The lowest BCUT2D eigenvalue weighted by Gasteiger charge is -2.55. The molecule has 0 heterocycles. The molecule has 0 aromatic rings.